The van der Waals surface area contributed by atoms with Crippen molar-refractivity contribution in [1.29, 1.82) is 0 Å². The number of hydrogen-bond donors (Lipinski definition) is 1. The maximum atomic E-state index is 15.3. The molecular weight excluding hydrogens is 415 g/mol. The molecular formula is C24H31FN2O3S. The topological polar surface area (TPSA) is 62.7 Å². The number of halogens is 1. The van der Waals surface area contributed by atoms with Gasteiger partial charge >= 0.3 is 5.97 Å². The summed E-state index contributed by atoms with van der Waals surface area (Å²) in [4.78, 5) is 18.5. The minimum absolute atomic E-state index is 0.0192. The average Bonchev–Trinajstić information content (AvgIpc) is 3.61. The molecule has 1 saturated carbocycles. The van der Waals surface area contributed by atoms with Gasteiger partial charge in [-0.15, -0.1) is 0 Å². The number of alkyl halides is 1. The Balaban J connectivity index is 1.36. The minimum atomic E-state index is -1.15. The lowest BCUT2D eigenvalue weighted by molar-refractivity contribution is -0.146. The molecule has 0 spiro atoms. The van der Waals surface area contributed by atoms with E-state index < -0.39 is 18.1 Å². The van der Waals surface area contributed by atoms with Crippen LogP contribution in [0.15, 0.2) is 30.5 Å². The monoisotopic (exact) mass is 446 g/mol. The summed E-state index contributed by atoms with van der Waals surface area (Å²) in [6.07, 6.45) is 4.86. The largest absolute Gasteiger partial charge is 0.497 e. The van der Waals surface area contributed by atoms with Gasteiger partial charge in [0.05, 0.1) is 18.5 Å². The van der Waals surface area contributed by atoms with E-state index in [0.717, 1.165) is 41.4 Å². The second-order valence-electron chi connectivity index (χ2n) is 8.69. The van der Waals surface area contributed by atoms with Crippen LogP contribution >= 0.6 is 11.8 Å². The summed E-state index contributed by atoms with van der Waals surface area (Å²) < 4.78 is 20.6. The molecule has 0 bridgehead atoms. The first-order valence-electron chi connectivity index (χ1n) is 11.2. The predicted molar refractivity (Wildman–Crippen MR) is 123 cm³/mol. The van der Waals surface area contributed by atoms with Gasteiger partial charge in [-0.3, -0.25) is 9.78 Å². The molecule has 168 valence electrons. The Morgan fingerprint density at radius 3 is 2.94 bits per heavy atom. The third-order valence-corrected chi connectivity index (χ3v) is 7.91. The molecule has 5 nitrogen and oxygen atoms in total. The van der Waals surface area contributed by atoms with Gasteiger partial charge < -0.3 is 14.7 Å². The number of carboxylic acids is 1. The number of nitrogens with zero attached hydrogens (tertiary/aromatic N) is 2. The molecule has 2 heterocycles. The smallest absolute Gasteiger partial charge is 0.308 e. The minimum Gasteiger partial charge on any atom is -0.497 e. The molecule has 1 aromatic heterocycles. The van der Waals surface area contributed by atoms with Crippen LogP contribution in [0.1, 0.15) is 43.8 Å². The molecule has 2 fully saturated rings. The second-order valence-corrected chi connectivity index (χ2v) is 10.1. The highest BCUT2D eigenvalue weighted by atomic mass is 32.2. The van der Waals surface area contributed by atoms with Crippen LogP contribution in [0, 0.1) is 11.8 Å². The molecule has 1 saturated heterocycles. The lowest BCUT2D eigenvalue weighted by Crippen LogP contribution is -2.44. The number of fused-ring (bicyclic) bond motifs is 1. The lowest BCUT2D eigenvalue weighted by Gasteiger charge is -2.36. The Morgan fingerprint density at radius 2 is 2.19 bits per heavy atom. The summed E-state index contributed by atoms with van der Waals surface area (Å²) in [6.45, 7) is 2.44. The molecule has 1 aliphatic carbocycles. The van der Waals surface area contributed by atoms with Gasteiger partial charge in [-0.2, -0.15) is 11.8 Å². The number of ether oxygens (including phenoxy) is 1. The average molecular weight is 447 g/mol. The maximum Gasteiger partial charge on any atom is 0.308 e. The van der Waals surface area contributed by atoms with Crippen LogP contribution in [-0.4, -0.2) is 58.7 Å². The van der Waals surface area contributed by atoms with Gasteiger partial charge in [0.1, 0.15) is 11.9 Å². The van der Waals surface area contributed by atoms with Crippen molar-refractivity contribution in [2.24, 2.45) is 11.8 Å². The number of carbonyl (C=O) groups is 1. The number of piperidine rings is 1. The van der Waals surface area contributed by atoms with Crippen LogP contribution in [0.5, 0.6) is 5.75 Å². The van der Waals surface area contributed by atoms with Gasteiger partial charge in [0.15, 0.2) is 0 Å². The first-order chi connectivity index (χ1) is 15.0. The molecule has 2 aromatic rings. The van der Waals surface area contributed by atoms with E-state index >= 15 is 4.39 Å². The van der Waals surface area contributed by atoms with Crippen LogP contribution in [-0.2, 0) is 4.79 Å². The zero-order valence-electron chi connectivity index (χ0n) is 18.0. The van der Waals surface area contributed by atoms with Crippen molar-refractivity contribution in [2.45, 2.75) is 43.5 Å². The van der Waals surface area contributed by atoms with Crippen LogP contribution in [0.2, 0.25) is 0 Å². The van der Waals surface area contributed by atoms with E-state index in [4.69, 9.17) is 4.74 Å². The van der Waals surface area contributed by atoms with Gasteiger partial charge in [-0.05, 0) is 74.4 Å². The Kier molecular flexibility index (Phi) is 7.33. The van der Waals surface area contributed by atoms with Gasteiger partial charge in [-0.25, -0.2) is 4.39 Å². The summed E-state index contributed by atoms with van der Waals surface area (Å²) >= 11 is 2.01. The summed E-state index contributed by atoms with van der Waals surface area (Å²) in [7, 11) is 1.59. The molecule has 0 amide bonds. The van der Waals surface area contributed by atoms with Crippen molar-refractivity contribution in [2.75, 3.05) is 32.5 Å². The summed E-state index contributed by atoms with van der Waals surface area (Å²) in [5.74, 6) is 0.602. The van der Waals surface area contributed by atoms with Gasteiger partial charge in [-0.1, -0.05) is 0 Å². The fourth-order valence-corrected chi connectivity index (χ4v) is 5.71. The summed E-state index contributed by atoms with van der Waals surface area (Å²) in [5, 5.41) is 11.4. The molecule has 4 rings (SSSR count). The number of pyridine rings is 1. The van der Waals surface area contributed by atoms with E-state index in [1.54, 1.807) is 19.4 Å². The van der Waals surface area contributed by atoms with Crippen molar-refractivity contribution >= 4 is 28.6 Å². The molecule has 31 heavy (non-hydrogen) atoms. The number of aromatic nitrogens is 1. The number of carboxylic acid groups (broad SMARTS) is 1. The molecule has 0 unspecified atom stereocenters. The Hall–Kier alpha value is -1.86. The van der Waals surface area contributed by atoms with Crippen LogP contribution in [0.4, 0.5) is 4.39 Å². The van der Waals surface area contributed by atoms with E-state index in [1.165, 1.54) is 12.8 Å². The van der Waals surface area contributed by atoms with Crippen molar-refractivity contribution in [3.8, 4) is 5.75 Å². The van der Waals surface area contributed by atoms with E-state index in [1.807, 2.05) is 30.0 Å². The van der Waals surface area contributed by atoms with Gasteiger partial charge in [0.2, 0.25) is 0 Å². The fraction of sp³-hybridized carbons (Fsp3) is 0.583. The molecule has 2 aliphatic rings. The number of rotatable bonds is 10. The van der Waals surface area contributed by atoms with Crippen LogP contribution < -0.4 is 4.74 Å². The molecule has 7 heteroatoms. The first-order valence-corrected chi connectivity index (χ1v) is 12.2. The quantitative estimate of drug-likeness (QED) is 0.557. The Morgan fingerprint density at radius 1 is 1.35 bits per heavy atom. The third-order valence-electron chi connectivity index (χ3n) is 6.55. The lowest BCUT2D eigenvalue weighted by atomic mass is 9.81. The number of benzene rings is 1. The zero-order valence-corrected chi connectivity index (χ0v) is 18.8. The molecule has 1 N–H and O–H groups in total. The van der Waals surface area contributed by atoms with Crippen LogP contribution in [0.25, 0.3) is 10.9 Å². The summed E-state index contributed by atoms with van der Waals surface area (Å²) in [6, 6.07) is 7.20. The number of hydrogen-bond acceptors (Lipinski definition) is 5. The van der Waals surface area contributed by atoms with Crippen LogP contribution in [0.3, 0.4) is 0 Å². The highest BCUT2D eigenvalue weighted by Gasteiger charge is 2.34. The first kappa shape index (κ1) is 22.3. The van der Waals surface area contributed by atoms with E-state index in [0.29, 0.717) is 30.7 Å². The highest BCUT2D eigenvalue weighted by Crippen LogP contribution is 2.36. The number of thioether (sulfide) groups is 1. The van der Waals surface area contributed by atoms with Gasteiger partial charge in [0.25, 0.3) is 0 Å². The number of methoxy groups -OCH3 is 1. The normalized spacial score (nSPS) is 23.0. The van der Waals surface area contributed by atoms with Gasteiger partial charge in [0, 0.05) is 35.7 Å². The van der Waals surface area contributed by atoms with Crippen molar-refractivity contribution in [1.82, 2.24) is 9.88 Å². The maximum absolute atomic E-state index is 15.3. The molecule has 3 atom stereocenters. The Bertz CT molecular complexity index is 908. The SMILES string of the molecule is COc1ccc2nccc([C@@H](F)CC[C@@H]3CCN(CCSC4CC4)C[C@@H]3C(=O)O)c2c1. The standard InChI is InChI=1S/C24H31FN2O3S/c1-30-17-3-7-23-20(14-17)19(8-10-26-23)22(25)6-2-16-9-11-27(15-21(16)24(28)29)12-13-31-18-4-5-18/h3,7-8,10,14,16,18,21-22H,2,4-6,9,11-13,15H2,1H3,(H,28,29)/t16-,21+,22+/m1/s1. The third kappa shape index (κ3) is 5.69. The zero-order chi connectivity index (χ0) is 21.8. The van der Waals surface area contributed by atoms with Crippen molar-refractivity contribution < 1.29 is 19.0 Å². The van der Waals surface area contributed by atoms with Crippen molar-refractivity contribution in [3.05, 3.63) is 36.0 Å². The predicted octanol–water partition coefficient (Wildman–Crippen LogP) is 4.95. The van der Waals surface area contributed by atoms with E-state index in [9.17, 15) is 9.90 Å². The number of aliphatic carboxylic acids is 1. The molecule has 0 radical (unpaired) electrons. The van der Waals surface area contributed by atoms with E-state index in [-0.39, 0.29) is 5.92 Å². The number of likely N-dealkylation sites (tertiary alicyclic amines) is 1. The van der Waals surface area contributed by atoms with Crippen molar-refractivity contribution in [3.63, 3.8) is 0 Å². The summed E-state index contributed by atoms with van der Waals surface area (Å²) in [5.41, 5.74) is 1.34. The van der Waals surface area contributed by atoms with E-state index in [2.05, 4.69) is 9.88 Å². The molecule has 1 aromatic carbocycles. The Labute approximate surface area is 187 Å². The second kappa shape index (κ2) is 10.2. The fourth-order valence-electron chi connectivity index (χ4n) is 4.54. The highest BCUT2D eigenvalue weighted by molar-refractivity contribution is 8.00. The molecule has 1 aliphatic heterocycles.